The summed E-state index contributed by atoms with van der Waals surface area (Å²) < 4.78 is 6.54. The first-order chi connectivity index (χ1) is 7.22. The molecule has 0 aliphatic carbocycles. The van der Waals surface area contributed by atoms with E-state index in [0.717, 1.165) is 26.1 Å². The lowest BCUT2D eigenvalue weighted by atomic mass is 10.0. The summed E-state index contributed by atoms with van der Waals surface area (Å²) in [6.07, 6.45) is 1.86. The number of hydrogen-bond donors (Lipinski definition) is 1. The Bertz CT molecular complexity index is 273. The zero-order valence-electron chi connectivity index (χ0n) is 9.08. The molecule has 15 heavy (non-hydrogen) atoms. The predicted molar refractivity (Wildman–Crippen MR) is 71.9 cm³/mol. The largest absolute Gasteiger partial charge is 0.382 e. The molecule has 1 atom stereocenters. The third-order valence-electron chi connectivity index (χ3n) is 2.25. The molecular weight excluding hydrogens is 301 g/mol. The average Bonchev–Trinajstić information content (AvgIpc) is 2.22. The molecule has 0 bridgehead atoms. The lowest BCUT2D eigenvalue weighted by Crippen LogP contribution is -2.24. The van der Waals surface area contributed by atoms with E-state index in [1.54, 1.807) is 0 Å². The number of hydrogen-bond acceptors (Lipinski definition) is 2. The van der Waals surface area contributed by atoms with Crippen LogP contribution in [0.3, 0.4) is 0 Å². The van der Waals surface area contributed by atoms with E-state index in [1.807, 2.05) is 6.92 Å². The van der Waals surface area contributed by atoms with Crippen molar-refractivity contribution in [2.75, 3.05) is 13.2 Å². The molecule has 0 radical (unpaired) electrons. The van der Waals surface area contributed by atoms with Crippen LogP contribution in [0.4, 0.5) is 0 Å². The molecule has 1 aromatic rings. The summed E-state index contributed by atoms with van der Waals surface area (Å²) in [6, 6.07) is 8.72. The van der Waals surface area contributed by atoms with Gasteiger partial charge in [0.2, 0.25) is 0 Å². The summed E-state index contributed by atoms with van der Waals surface area (Å²) in [4.78, 5) is 0. The Labute approximate surface area is 105 Å². The molecule has 0 saturated carbocycles. The summed E-state index contributed by atoms with van der Waals surface area (Å²) in [7, 11) is 0. The molecule has 0 fully saturated rings. The van der Waals surface area contributed by atoms with E-state index in [0.29, 0.717) is 0 Å². The Morgan fingerprint density at radius 2 is 2.00 bits per heavy atom. The van der Waals surface area contributed by atoms with Crippen molar-refractivity contribution in [3.8, 4) is 0 Å². The first kappa shape index (κ1) is 12.9. The summed E-state index contributed by atoms with van der Waals surface area (Å²) in [5.41, 5.74) is 7.31. The monoisotopic (exact) mass is 319 g/mol. The van der Waals surface area contributed by atoms with E-state index in [9.17, 15) is 0 Å². The Morgan fingerprint density at radius 3 is 2.60 bits per heavy atom. The van der Waals surface area contributed by atoms with Crippen LogP contribution in [0.2, 0.25) is 0 Å². The van der Waals surface area contributed by atoms with Crippen molar-refractivity contribution in [1.82, 2.24) is 0 Å². The molecule has 2 N–H and O–H groups in total. The van der Waals surface area contributed by atoms with Crippen LogP contribution in [0.5, 0.6) is 0 Å². The molecule has 1 unspecified atom stereocenters. The van der Waals surface area contributed by atoms with Crippen LogP contribution in [0, 0.1) is 3.57 Å². The molecule has 2 nitrogen and oxygen atoms in total. The van der Waals surface area contributed by atoms with Gasteiger partial charge in [-0.3, -0.25) is 0 Å². The van der Waals surface area contributed by atoms with Crippen LogP contribution in [-0.2, 0) is 11.2 Å². The third kappa shape index (κ3) is 5.49. The van der Waals surface area contributed by atoms with E-state index >= 15 is 0 Å². The fourth-order valence-electron chi connectivity index (χ4n) is 1.40. The van der Waals surface area contributed by atoms with Gasteiger partial charge in [-0.15, -0.1) is 0 Å². The quantitative estimate of drug-likeness (QED) is 0.646. The standard InChI is InChI=1S/C12H18INO/c1-2-15-8-7-12(14)9-10-3-5-11(13)6-4-10/h3-6,12H,2,7-9,14H2,1H3. The maximum absolute atomic E-state index is 6.00. The van der Waals surface area contributed by atoms with Crippen molar-refractivity contribution in [1.29, 1.82) is 0 Å². The smallest absolute Gasteiger partial charge is 0.0480 e. The first-order valence-corrected chi connectivity index (χ1v) is 6.38. The molecule has 1 aromatic carbocycles. The summed E-state index contributed by atoms with van der Waals surface area (Å²) in [5, 5.41) is 0. The zero-order chi connectivity index (χ0) is 11.1. The molecule has 0 spiro atoms. The van der Waals surface area contributed by atoms with Crippen molar-refractivity contribution in [3.63, 3.8) is 0 Å². The van der Waals surface area contributed by atoms with Crippen LogP contribution < -0.4 is 5.73 Å². The van der Waals surface area contributed by atoms with Crippen LogP contribution in [0.15, 0.2) is 24.3 Å². The number of rotatable bonds is 6. The molecule has 0 amide bonds. The molecule has 84 valence electrons. The van der Waals surface area contributed by atoms with E-state index in [4.69, 9.17) is 10.5 Å². The van der Waals surface area contributed by atoms with Crippen LogP contribution in [-0.4, -0.2) is 19.3 Å². The minimum absolute atomic E-state index is 0.205. The molecule has 0 aromatic heterocycles. The lowest BCUT2D eigenvalue weighted by molar-refractivity contribution is 0.140. The molecule has 0 aliphatic heterocycles. The van der Waals surface area contributed by atoms with Crippen molar-refractivity contribution in [2.24, 2.45) is 5.73 Å². The van der Waals surface area contributed by atoms with Crippen molar-refractivity contribution in [3.05, 3.63) is 33.4 Å². The number of benzene rings is 1. The Balaban J connectivity index is 2.31. The third-order valence-corrected chi connectivity index (χ3v) is 2.97. The normalized spacial score (nSPS) is 12.7. The first-order valence-electron chi connectivity index (χ1n) is 5.30. The van der Waals surface area contributed by atoms with Crippen LogP contribution in [0.25, 0.3) is 0 Å². The number of nitrogens with two attached hydrogens (primary N) is 1. The molecule has 0 aliphatic rings. The van der Waals surface area contributed by atoms with Gasteiger partial charge in [-0.25, -0.2) is 0 Å². The highest BCUT2D eigenvalue weighted by Gasteiger charge is 2.03. The van der Waals surface area contributed by atoms with Gasteiger partial charge in [0, 0.05) is 22.8 Å². The van der Waals surface area contributed by atoms with Gasteiger partial charge >= 0.3 is 0 Å². The second kappa shape index (κ2) is 7.19. The fraction of sp³-hybridized carbons (Fsp3) is 0.500. The summed E-state index contributed by atoms with van der Waals surface area (Å²) >= 11 is 2.31. The zero-order valence-corrected chi connectivity index (χ0v) is 11.2. The van der Waals surface area contributed by atoms with Gasteiger partial charge in [-0.1, -0.05) is 12.1 Å². The van der Waals surface area contributed by atoms with Gasteiger partial charge in [0.15, 0.2) is 0 Å². The highest BCUT2D eigenvalue weighted by molar-refractivity contribution is 14.1. The predicted octanol–water partition coefficient (Wildman–Crippen LogP) is 2.59. The van der Waals surface area contributed by atoms with Gasteiger partial charge in [-0.05, 0) is 60.1 Å². The minimum atomic E-state index is 0.205. The van der Waals surface area contributed by atoms with Crippen molar-refractivity contribution < 1.29 is 4.74 Å². The highest BCUT2D eigenvalue weighted by Crippen LogP contribution is 2.09. The fourth-order valence-corrected chi connectivity index (χ4v) is 1.76. The Hall–Kier alpha value is -0.130. The topological polar surface area (TPSA) is 35.2 Å². The number of halogens is 1. The van der Waals surface area contributed by atoms with E-state index in [1.165, 1.54) is 9.13 Å². The molecule has 0 saturated heterocycles. The van der Waals surface area contributed by atoms with Crippen LogP contribution in [0.1, 0.15) is 18.9 Å². The van der Waals surface area contributed by atoms with Gasteiger partial charge in [-0.2, -0.15) is 0 Å². The summed E-state index contributed by atoms with van der Waals surface area (Å²) in [5.74, 6) is 0. The van der Waals surface area contributed by atoms with E-state index in [-0.39, 0.29) is 6.04 Å². The van der Waals surface area contributed by atoms with Crippen molar-refractivity contribution >= 4 is 22.6 Å². The highest BCUT2D eigenvalue weighted by atomic mass is 127. The maximum atomic E-state index is 6.00. The van der Waals surface area contributed by atoms with Gasteiger partial charge in [0.1, 0.15) is 0 Å². The lowest BCUT2D eigenvalue weighted by Gasteiger charge is -2.11. The molecule has 3 heteroatoms. The minimum Gasteiger partial charge on any atom is -0.382 e. The van der Waals surface area contributed by atoms with E-state index < -0.39 is 0 Å². The summed E-state index contributed by atoms with van der Waals surface area (Å²) in [6.45, 7) is 3.54. The second-order valence-electron chi connectivity index (χ2n) is 3.58. The van der Waals surface area contributed by atoms with Crippen LogP contribution >= 0.6 is 22.6 Å². The Morgan fingerprint density at radius 1 is 1.33 bits per heavy atom. The second-order valence-corrected chi connectivity index (χ2v) is 4.82. The number of ether oxygens (including phenoxy) is 1. The average molecular weight is 319 g/mol. The maximum Gasteiger partial charge on any atom is 0.0480 e. The van der Waals surface area contributed by atoms with Gasteiger partial charge in [0.25, 0.3) is 0 Å². The van der Waals surface area contributed by atoms with Crippen molar-refractivity contribution in [2.45, 2.75) is 25.8 Å². The molecule has 0 heterocycles. The molecular formula is C12H18INO. The Kier molecular flexibility index (Phi) is 6.20. The SMILES string of the molecule is CCOCCC(N)Cc1ccc(I)cc1. The van der Waals surface area contributed by atoms with E-state index in [2.05, 4.69) is 46.9 Å². The van der Waals surface area contributed by atoms with Gasteiger partial charge in [0.05, 0.1) is 0 Å². The molecule has 1 rings (SSSR count). The van der Waals surface area contributed by atoms with Gasteiger partial charge < -0.3 is 10.5 Å².